The lowest BCUT2D eigenvalue weighted by Gasteiger charge is -2.09. The maximum Gasteiger partial charge on any atom is 0.153 e. The van der Waals surface area contributed by atoms with Crippen LogP contribution in [-0.4, -0.2) is 4.98 Å². The van der Waals surface area contributed by atoms with Crippen LogP contribution in [0.4, 0.5) is 8.78 Å². The summed E-state index contributed by atoms with van der Waals surface area (Å²) in [6.45, 7) is 0. The Hall–Kier alpha value is -2.01. The molecule has 1 aromatic heterocycles. The number of hydrogen-bond acceptors (Lipinski definition) is 2. The molecule has 0 radical (unpaired) electrons. The first-order valence-electron chi connectivity index (χ1n) is 5.79. The predicted molar refractivity (Wildman–Crippen MR) is 75.9 cm³/mol. The summed E-state index contributed by atoms with van der Waals surface area (Å²) in [6, 6.07) is 8.67. The number of hydrogen-bond donors (Lipinski definition) is 0. The number of halogens is 3. The third kappa shape index (κ3) is 2.63. The lowest BCUT2D eigenvalue weighted by molar-refractivity contribution is 0.471. The van der Waals surface area contributed by atoms with Crippen LogP contribution in [0.1, 0.15) is 0 Å². The van der Waals surface area contributed by atoms with Gasteiger partial charge in [-0.05, 0) is 12.1 Å². The fourth-order valence-electron chi connectivity index (χ4n) is 1.91. The largest absolute Gasteiger partial charge is 0.455 e. The van der Waals surface area contributed by atoms with E-state index in [1.54, 1.807) is 6.20 Å². The molecule has 20 heavy (non-hydrogen) atoms. The van der Waals surface area contributed by atoms with Crippen LogP contribution in [0, 0.1) is 11.6 Å². The highest BCUT2D eigenvalue weighted by Crippen LogP contribution is 2.31. The van der Waals surface area contributed by atoms with Gasteiger partial charge in [-0.25, -0.2) is 8.78 Å². The molecule has 0 atom stereocenters. The van der Waals surface area contributed by atoms with Crippen molar-refractivity contribution in [2.75, 3.05) is 0 Å². The Labute approximate surface area is 122 Å². The van der Waals surface area contributed by atoms with Crippen LogP contribution < -0.4 is 4.74 Å². The molecule has 3 rings (SSSR count). The van der Waals surface area contributed by atoms with Crippen molar-refractivity contribution in [2.45, 2.75) is 0 Å². The van der Waals surface area contributed by atoms with E-state index in [9.17, 15) is 8.78 Å². The van der Waals surface area contributed by atoms with E-state index >= 15 is 0 Å². The lowest BCUT2D eigenvalue weighted by Crippen LogP contribution is -1.90. The third-order valence-electron chi connectivity index (χ3n) is 2.75. The summed E-state index contributed by atoms with van der Waals surface area (Å²) in [5.74, 6) is -0.839. The Bertz CT molecular complexity index is 772. The lowest BCUT2D eigenvalue weighted by atomic mass is 10.2. The van der Waals surface area contributed by atoms with Gasteiger partial charge in [-0.15, -0.1) is 0 Å². The van der Waals surface area contributed by atoms with Gasteiger partial charge in [0, 0.05) is 39.6 Å². The smallest absolute Gasteiger partial charge is 0.153 e. The summed E-state index contributed by atoms with van der Waals surface area (Å²) in [7, 11) is 0. The van der Waals surface area contributed by atoms with Crippen molar-refractivity contribution in [1.82, 2.24) is 4.98 Å². The minimum Gasteiger partial charge on any atom is -0.455 e. The van der Waals surface area contributed by atoms with Gasteiger partial charge in [0.25, 0.3) is 0 Å². The molecule has 0 spiro atoms. The Morgan fingerprint density at radius 1 is 0.950 bits per heavy atom. The summed E-state index contributed by atoms with van der Waals surface area (Å²) in [4.78, 5) is 4.06. The molecule has 0 saturated heterocycles. The minimum atomic E-state index is -0.686. The zero-order valence-corrected chi connectivity index (χ0v) is 11.7. The molecule has 2 nitrogen and oxygen atoms in total. The number of fused-ring (bicyclic) bond motifs is 1. The molecule has 2 aromatic carbocycles. The number of aromatic nitrogens is 1. The maximum absolute atomic E-state index is 13.2. The maximum atomic E-state index is 13.2. The molecule has 0 aliphatic rings. The van der Waals surface area contributed by atoms with E-state index in [4.69, 9.17) is 4.74 Å². The van der Waals surface area contributed by atoms with Crippen molar-refractivity contribution in [3.8, 4) is 11.5 Å². The number of nitrogens with zero attached hydrogens (tertiary/aromatic N) is 1. The van der Waals surface area contributed by atoms with Gasteiger partial charge in [0.2, 0.25) is 0 Å². The van der Waals surface area contributed by atoms with E-state index in [0.717, 1.165) is 33.4 Å². The first-order chi connectivity index (χ1) is 9.61. The van der Waals surface area contributed by atoms with Crippen molar-refractivity contribution < 1.29 is 13.5 Å². The standard InChI is InChI=1S/C15H8BrF2NO/c16-10-2-1-9-7-19-8-15(14(9)3-10)20-13-5-11(17)4-12(18)6-13/h1-8H. The van der Waals surface area contributed by atoms with Crippen LogP contribution in [0.3, 0.4) is 0 Å². The highest BCUT2D eigenvalue weighted by molar-refractivity contribution is 9.10. The third-order valence-corrected chi connectivity index (χ3v) is 3.24. The number of benzene rings is 2. The number of ether oxygens (including phenoxy) is 1. The second kappa shape index (κ2) is 5.17. The van der Waals surface area contributed by atoms with Crippen molar-refractivity contribution >= 4 is 26.7 Å². The zero-order valence-electron chi connectivity index (χ0n) is 10.1. The molecule has 100 valence electrons. The van der Waals surface area contributed by atoms with Crippen LogP contribution in [-0.2, 0) is 0 Å². The number of rotatable bonds is 2. The SMILES string of the molecule is Fc1cc(F)cc(Oc2cncc3ccc(Br)cc23)c1. The van der Waals surface area contributed by atoms with Gasteiger partial charge in [-0.3, -0.25) is 4.98 Å². The van der Waals surface area contributed by atoms with Crippen LogP contribution >= 0.6 is 15.9 Å². The van der Waals surface area contributed by atoms with Gasteiger partial charge in [-0.1, -0.05) is 22.0 Å². The topological polar surface area (TPSA) is 22.1 Å². The molecule has 0 saturated carbocycles. The normalized spacial score (nSPS) is 10.8. The average Bonchev–Trinajstić information content (AvgIpc) is 2.38. The van der Waals surface area contributed by atoms with Gasteiger partial charge in [0.1, 0.15) is 17.4 Å². The first kappa shape index (κ1) is 13.0. The molecule has 0 N–H and O–H groups in total. The van der Waals surface area contributed by atoms with Gasteiger partial charge in [0.15, 0.2) is 5.75 Å². The van der Waals surface area contributed by atoms with E-state index in [1.807, 2.05) is 18.2 Å². The molecule has 0 unspecified atom stereocenters. The monoisotopic (exact) mass is 335 g/mol. The predicted octanol–water partition coefficient (Wildman–Crippen LogP) is 5.07. The van der Waals surface area contributed by atoms with E-state index in [0.29, 0.717) is 5.75 Å². The highest BCUT2D eigenvalue weighted by Gasteiger charge is 2.07. The van der Waals surface area contributed by atoms with Crippen molar-refractivity contribution in [3.63, 3.8) is 0 Å². The van der Waals surface area contributed by atoms with Crippen molar-refractivity contribution in [1.29, 1.82) is 0 Å². The second-order valence-electron chi connectivity index (χ2n) is 4.21. The molecule has 3 aromatic rings. The summed E-state index contributed by atoms with van der Waals surface area (Å²) in [5, 5.41) is 1.68. The molecule has 0 fully saturated rings. The minimum absolute atomic E-state index is 0.0942. The summed E-state index contributed by atoms with van der Waals surface area (Å²) in [5.41, 5.74) is 0. The van der Waals surface area contributed by atoms with Gasteiger partial charge in [0.05, 0.1) is 6.20 Å². The Morgan fingerprint density at radius 2 is 1.70 bits per heavy atom. The molecule has 1 heterocycles. The van der Waals surface area contributed by atoms with Crippen molar-refractivity contribution in [3.05, 3.63) is 64.9 Å². The zero-order chi connectivity index (χ0) is 14.1. The molecule has 0 aliphatic carbocycles. The summed E-state index contributed by atoms with van der Waals surface area (Å²) >= 11 is 3.38. The Morgan fingerprint density at radius 3 is 2.45 bits per heavy atom. The van der Waals surface area contributed by atoms with Crippen LogP contribution in [0.5, 0.6) is 11.5 Å². The van der Waals surface area contributed by atoms with E-state index in [-0.39, 0.29) is 5.75 Å². The molecule has 0 bridgehead atoms. The molecule has 0 aliphatic heterocycles. The van der Waals surface area contributed by atoms with E-state index in [2.05, 4.69) is 20.9 Å². The second-order valence-corrected chi connectivity index (χ2v) is 5.13. The molecular weight excluding hydrogens is 328 g/mol. The van der Waals surface area contributed by atoms with Crippen LogP contribution in [0.25, 0.3) is 10.8 Å². The first-order valence-corrected chi connectivity index (χ1v) is 6.58. The fourth-order valence-corrected chi connectivity index (χ4v) is 2.27. The summed E-state index contributed by atoms with van der Waals surface area (Å²) < 4.78 is 32.8. The van der Waals surface area contributed by atoms with E-state index < -0.39 is 11.6 Å². The van der Waals surface area contributed by atoms with Crippen LogP contribution in [0.15, 0.2) is 53.3 Å². The van der Waals surface area contributed by atoms with Gasteiger partial charge in [-0.2, -0.15) is 0 Å². The quantitative estimate of drug-likeness (QED) is 0.652. The highest BCUT2D eigenvalue weighted by atomic mass is 79.9. The van der Waals surface area contributed by atoms with Crippen molar-refractivity contribution in [2.24, 2.45) is 0 Å². The molecule has 0 amide bonds. The Balaban J connectivity index is 2.08. The average molecular weight is 336 g/mol. The number of pyridine rings is 1. The summed E-state index contributed by atoms with van der Waals surface area (Å²) in [6.07, 6.45) is 3.21. The molecular formula is C15H8BrF2NO. The van der Waals surface area contributed by atoms with Gasteiger partial charge >= 0.3 is 0 Å². The Kier molecular flexibility index (Phi) is 3.36. The van der Waals surface area contributed by atoms with E-state index in [1.165, 1.54) is 6.20 Å². The fraction of sp³-hybridized carbons (Fsp3) is 0. The molecule has 5 heteroatoms. The van der Waals surface area contributed by atoms with Gasteiger partial charge < -0.3 is 4.74 Å². The van der Waals surface area contributed by atoms with Crippen LogP contribution in [0.2, 0.25) is 0 Å².